The summed E-state index contributed by atoms with van der Waals surface area (Å²) in [6, 6.07) is 7.30. The second-order valence-electron chi connectivity index (χ2n) is 7.02. The molecule has 2 heterocycles. The van der Waals surface area contributed by atoms with Crippen LogP contribution in [0.3, 0.4) is 0 Å². The second-order valence-corrected chi connectivity index (χ2v) is 7.02. The molecule has 0 bridgehead atoms. The fourth-order valence-corrected chi connectivity index (χ4v) is 2.96. The third-order valence-electron chi connectivity index (χ3n) is 4.42. The molecule has 30 heavy (non-hydrogen) atoms. The summed E-state index contributed by atoms with van der Waals surface area (Å²) in [6.07, 6.45) is 0.790. The van der Waals surface area contributed by atoms with E-state index in [2.05, 4.69) is 5.32 Å². The van der Waals surface area contributed by atoms with Crippen molar-refractivity contribution in [2.75, 3.05) is 19.8 Å². The van der Waals surface area contributed by atoms with Crippen LogP contribution in [0.5, 0.6) is 11.5 Å². The minimum atomic E-state index is -0.963. The predicted molar refractivity (Wildman–Crippen MR) is 103 cm³/mol. The van der Waals surface area contributed by atoms with Crippen LogP contribution in [0.1, 0.15) is 42.4 Å². The first kappa shape index (κ1) is 21.2. The van der Waals surface area contributed by atoms with Gasteiger partial charge in [-0.2, -0.15) is 0 Å². The Kier molecular flexibility index (Phi) is 6.55. The van der Waals surface area contributed by atoms with Crippen LogP contribution in [-0.2, 0) is 9.53 Å². The third-order valence-corrected chi connectivity index (χ3v) is 4.42. The monoisotopic (exact) mass is 418 g/mol. The third kappa shape index (κ3) is 5.07. The fraction of sp³-hybridized carbons (Fsp3) is 0.400. The van der Waals surface area contributed by atoms with E-state index in [1.807, 2.05) is 26.0 Å². The SMILES string of the molecule is CC(C)C(NC(=O)COC(=O)c1ccc([N+](=O)[O-])o1)c1ccc2c(c1)OCCCO2. The van der Waals surface area contributed by atoms with Crippen molar-refractivity contribution in [1.82, 2.24) is 5.32 Å². The van der Waals surface area contributed by atoms with Gasteiger partial charge in [-0.3, -0.25) is 14.9 Å². The molecule has 1 atom stereocenters. The average Bonchev–Trinajstić information content (AvgIpc) is 3.10. The highest BCUT2D eigenvalue weighted by Gasteiger charge is 2.23. The minimum absolute atomic E-state index is 0.0436. The van der Waals surface area contributed by atoms with Gasteiger partial charge in [0.05, 0.1) is 25.3 Å². The van der Waals surface area contributed by atoms with Crippen LogP contribution in [0.4, 0.5) is 5.88 Å². The molecule has 1 aliphatic heterocycles. The number of amides is 1. The van der Waals surface area contributed by atoms with Crippen LogP contribution < -0.4 is 14.8 Å². The van der Waals surface area contributed by atoms with Crippen molar-refractivity contribution in [2.24, 2.45) is 5.92 Å². The Bertz CT molecular complexity index is 937. The summed E-state index contributed by atoms with van der Waals surface area (Å²) < 4.78 is 21.0. The molecule has 160 valence electrons. The maximum atomic E-state index is 12.3. The van der Waals surface area contributed by atoms with Gasteiger partial charge in [-0.05, 0) is 29.7 Å². The summed E-state index contributed by atoms with van der Waals surface area (Å²) in [5, 5.41) is 13.4. The summed E-state index contributed by atoms with van der Waals surface area (Å²) in [4.78, 5) is 34.1. The molecule has 0 fully saturated rings. The number of carbonyl (C=O) groups is 2. The van der Waals surface area contributed by atoms with E-state index in [0.717, 1.165) is 24.1 Å². The number of rotatable bonds is 7. The standard InChI is InChI=1S/C20H22N2O8/c1-12(2)19(13-4-5-14-16(10-13)28-9-3-8-27-14)21-17(23)11-29-20(24)15-6-7-18(30-15)22(25)26/h4-7,10,12,19H,3,8-9,11H2,1-2H3,(H,21,23). The lowest BCUT2D eigenvalue weighted by Crippen LogP contribution is -2.35. The molecule has 1 unspecified atom stereocenters. The van der Waals surface area contributed by atoms with Gasteiger partial charge in [0.1, 0.15) is 4.92 Å². The molecule has 0 radical (unpaired) electrons. The Morgan fingerprint density at radius 3 is 2.57 bits per heavy atom. The van der Waals surface area contributed by atoms with E-state index in [1.165, 1.54) is 0 Å². The first-order chi connectivity index (χ1) is 14.3. The average molecular weight is 418 g/mol. The number of esters is 1. The van der Waals surface area contributed by atoms with E-state index < -0.39 is 29.3 Å². The number of nitrogens with zero attached hydrogens (tertiary/aromatic N) is 1. The topological polar surface area (TPSA) is 130 Å². The molecule has 1 N–H and O–H groups in total. The number of hydrogen-bond acceptors (Lipinski definition) is 8. The van der Waals surface area contributed by atoms with E-state index >= 15 is 0 Å². The highest BCUT2D eigenvalue weighted by molar-refractivity contribution is 5.89. The van der Waals surface area contributed by atoms with E-state index in [0.29, 0.717) is 24.7 Å². The number of nitro groups is 1. The minimum Gasteiger partial charge on any atom is -0.490 e. The number of nitrogens with one attached hydrogen (secondary N) is 1. The predicted octanol–water partition coefficient (Wildman–Crippen LogP) is 3.02. The molecular weight excluding hydrogens is 396 g/mol. The van der Waals surface area contributed by atoms with E-state index in [-0.39, 0.29) is 17.7 Å². The molecule has 0 saturated heterocycles. The van der Waals surface area contributed by atoms with Crippen LogP contribution in [0.25, 0.3) is 0 Å². The number of benzene rings is 1. The van der Waals surface area contributed by atoms with Crippen molar-refractivity contribution < 1.29 is 33.1 Å². The lowest BCUT2D eigenvalue weighted by Gasteiger charge is -2.23. The maximum Gasteiger partial charge on any atom is 0.433 e. The van der Waals surface area contributed by atoms with Gasteiger partial charge in [0, 0.05) is 6.42 Å². The lowest BCUT2D eigenvalue weighted by molar-refractivity contribution is -0.402. The summed E-state index contributed by atoms with van der Waals surface area (Å²) in [5.74, 6) is -1.09. The van der Waals surface area contributed by atoms with Crippen molar-refractivity contribution in [1.29, 1.82) is 0 Å². The normalized spacial score (nSPS) is 14.0. The molecule has 2 aromatic rings. The first-order valence-electron chi connectivity index (χ1n) is 9.45. The van der Waals surface area contributed by atoms with Gasteiger partial charge in [0.25, 0.3) is 5.91 Å². The summed E-state index contributed by atoms with van der Waals surface area (Å²) >= 11 is 0. The Morgan fingerprint density at radius 1 is 1.17 bits per heavy atom. The molecule has 1 aromatic carbocycles. The van der Waals surface area contributed by atoms with Gasteiger partial charge in [-0.25, -0.2) is 4.79 Å². The zero-order valence-electron chi connectivity index (χ0n) is 16.6. The van der Waals surface area contributed by atoms with Crippen LogP contribution >= 0.6 is 0 Å². The second kappa shape index (κ2) is 9.29. The van der Waals surface area contributed by atoms with Crippen molar-refractivity contribution >= 4 is 17.8 Å². The maximum absolute atomic E-state index is 12.3. The zero-order chi connectivity index (χ0) is 21.7. The van der Waals surface area contributed by atoms with Gasteiger partial charge < -0.3 is 23.9 Å². The van der Waals surface area contributed by atoms with Crippen LogP contribution in [0.15, 0.2) is 34.7 Å². The summed E-state index contributed by atoms with van der Waals surface area (Å²) in [6.45, 7) is 4.47. The largest absolute Gasteiger partial charge is 0.490 e. The molecular formula is C20H22N2O8. The number of hydrogen-bond donors (Lipinski definition) is 1. The molecule has 0 spiro atoms. The van der Waals surface area contributed by atoms with Gasteiger partial charge in [0.15, 0.2) is 18.1 Å². The number of fused-ring (bicyclic) bond motifs is 1. The lowest BCUT2D eigenvalue weighted by atomic mass is 9.95. The van der Waals surface area contributed by atoms with E-state index in [1.54, 1.807) is 6.07 Å². The molecule has 1 aliphatic rings. The van der Waals surface area contributed by atoms with E-state index in [4.69, 9.17) is 18.6 Å². The summed E-state index contributed by atoms with van der Waals surface area (Å²) in [7, 11) is 0. The Labute approximate surface area is 172 Å². The number of carbonyl (C=O) groups excluding carboxylic acids is 2. The van der Waals surface area contributed by atoms with Gasteiger partial charge in [-0.15, -0.1) is 0 Å². The molecule has 0 aliphatic carbocycles. The molecule has 1 aromatic heterocycles. The number of ether oxygens (including phenoxy) is 3. The quantitative estimate of drug-likeness (QED) is 0.412. The molecule has 0 saturated carbocycles. The molecule has 10 heteroatoms. The van der Waals surface area contributed by atoms with Crippen LogP contribution in [-0.4, -0.2) is 36.6 Å². The highest BCUT2D eigenvalue weighted by atomic mass is 16.7. The van der Waals surface area contributed by atoms with Crippen molar-refractivity contribution in [3.05, 3.63) is 51.8 Å². The molecule has 3 rings (SSSR count). The zero-order valence-corrected chi connectivity index (χ0v) is 16.6. The van der Waals surface area contributed by atoms with Crippen molar-refractivity contribution in [3.63, 3.8) is 0 Å². The van der Waals surface area contributed by atoms with Gasteiger partial charge in [0.2, 0.25) is 5.76 Å². The Hall–Kier alpha value is -3.56. The first-order valence-corrected chi connectivity index (χ1v) is 9.45. The number of furan rings is 1. The summed E-state index contributed by atoms with van der Waals surface area (Å²) in [5.41, 5.74) is 0.829. The van der Waals surface area contributed by atoms with Crippen LogP contribution in [0, 0.1) is 16.0 Å². The molecule has 1 amide bonds. The smallest absolute Gasteiger partial charge is 0.433 e. The highest BCUT2D eigenvalue weighted by Crippen LogP contribution is 2.34. The van der Waals surface area contributed by atoms with Crippen molar-refractivity contribution in [3.8, 4) is 11.5 Å². The molecule has 10 nitrogen and oxygen atoms in total. The van der Waals surface area contributed by atoms with Crippen LogP contribution in [0.2, 0.25) is 0 Å². The Balaban J connectivity index is 1.62. The van der Waals surface area contributed by atoms with Crippen molar-refractivity contribution in [2.45, 2.75) is 26.3 Å². The van der Waals surface area contributed by atoms with E-state index in [9.17, 15) is 19.7 Å². The van der Waals surface area contributed by atoms with Gasteiger partial charge >= 0.3 is 11.9 Å². The fourth-order valence-electron chi connectivity index (χ4n) is 2.96. The Morgan fingerprint density at radius 2 is 1.90 bits per heavy atom. The van der Waals surface area contributed by atoms with Gasteiger partial charge in [-0.1, -0.05) is 19.9 Å².